The van der Waals surface area contributed by atoms with Crippen LogP contribution in [0.2, 0.25) is 5.02 Å². The van der Waals surface area contributed by atoms with Gasteiger partial charge in [-0.3, -0.25) is 14.4 Å². The third kappa shape index (κ3) is 11.6. The average molecular weight is 741 g/mol. The standard InChI is InChI=1S/C43H53ClN4O5/c1-28(2)24-38(48(39(49)26-33-16-10-12-21-36(33)44)23-22-47(6)27-34-17-8-7-14-30(34)5)42(51)45-37(41(50)46-40(29(3)4)43(52)53)25-32-19-13-18-31-15-9-11-20-35(31)32/h7-21,28-29,37-38,40H,22-27H2,1-6H3,(H,45,51)(H,46,50)(H,52,53). The van der Waals surface area contributed by atoms with Crippen LogP contribution in [0.5, 0.6) is 0 Å². The summed E-state index contributed by atoms with van der Waals surface area (Å²) in [6, 6.07) is 25.7. The second-order valence-electron chi connectivity index (χ2n) is 14.6. The topological polar surface area (TPSA) is 119 Å². The molecule has 0 heterocycles. The molecule has 4 aromatic rings. The van der Waals surface area contributed by atoms with E-state index in [1.807, 2.05) is 81.6 Å². The molecule has 0 aromatic heterocycles. The number of carboxylic acids is 1. The molecule has 0 aliphatic carbocycles. The molecule has 4 rings (SSSR count). The van der Waals surface area contributed by atoms with Gasteiger partial charge >= 0.3 is 5.97 Å². The van der Waals surface area contributed by atoms with Crippen LogP contribution in [-0.2, 0) is 38.6 Å². The number of hydrogen-bond donors (Lipinski definition) is 3. The fourth-order valence-electron chi connectivity index (χ4n) is 6.55. The maximum Gasteiger partial charge on any atom is 0.326 e. The van der Waals surface area contributed by atoms with E-state index in [2.05, 4.69) is 34.6 Å². The molecule has 10 heteroatoms. The van der Waals surface area contributed by atoms with Gasteiger partial charge in [-0.05, 0) is 71.3 Å². The number of fused-ring (bicyclic) bond motifs is 1. The lowest BCUT2D eigenvalue weighted by molar-refractivity contribution is -0.144. The number of hydrogen-bond acceptors (Lipinski definition) is 5. The molecule has 3 amide bonds. The highest BCUT2D eigenvalue weighted by Crippen LogP contribution is 2.22. The molecule has 0 fully saturated rings. The Hall–Kier alpha value is -4.73. The van der Waals surface area contributed by atoms with Crippen molar-refractivity contribution in [2.45, 2.75) is 78.6 Å². The maximum atomic E-state index is 14.6. The Bertz CT molecular complexity index is 1870. The predicted octanol–water partition coefficient (Wildman–Crippen LogP) is 6.67. The molecule has 282 valence electrons. The number of aryl methyl sites for hydroxylation is 1. The summed E-state index contributed by atoms with van der Waals surface area (Å²) in [5, 5.41) is 17.9. The highest BCUT2D eigenvalue weighted by atomic mass is 35.5. The van der Waals surface area contributed by atoms with E-state index in [1.54, 1.807) is 36.9 Å². The summed E-state index contributed by atoms with van der Waals surface area (Å²) in [6.45, 7) is 10.9. The molecule has 0 radical (unpaired) electrons. The third-order valence-electron chi connectivity index (χ3n) is 9.58. The van der Waals surface area contributed by atoms with E-state index in [0.717, 1.165) is 16.3 Å². The summed E-state index contributed by atoms with van der Waals surface area (Å²) < 4.78 is 0. The zero-order chi connectivity index (χ0) is 38.7. The van der Waals surface area contributed by atoms with Crippen molar-refractivity contribution in [1.29, 1.82) is 0 Å². The Morgan fingerprint density at radius 2 is 1.38 bits per heavy atom. The fraction of sp³-hybridized carbons (Fsp3) is 0.395. The van der Waals surface area contributed by atoms with Gasteiger partial charge in [0.05, 0.1) is 6.42 Å². The van der Waals surface area contributed by atoms with Gasteiger partial charge in [-0.25, -0.2) is 4.79 Å². The number of carbonyl (C=O) groups excluding carboxylic acids is 3. The first-order valence-corrected chi connectivity index (χ1v) is 18.7. The lowest BCUT2D eigenvalue weighted by Crippen LogP contribution is -2.58. The maximum absolute atomic E-state index is 14.6. The van der Waals surface area contributed by atoms with Crippen LogP contribution in [0.4, 0.5) is 0 Å². The van der Waals surface area contributed by atoms with Crippen molar-refractivity contribution in [2.75, 3.05) is 20.1 Å². The number of rotatable bonds is 18. The van der Waals surface area contributed by atoms with Gasteiger partial charge < -0.3 is 25.5 Å². The number of carboxylic acid groups (broad SMARTS) is 1. The van der Waals surface area contributed by atoms with Crippen LogP contribution in [0.15, 0.2) is 91.0 Å². The van der Waals surface area contributed by atoms with Crippen LogP contribution in [-0.4, -0.2) is 76.9 Å². The minimum atomic E-state index is -1.16. The molecule has 0 spiro atoms. The largest absolute Gasteiger partial charge is 0.480 e. The molecule has 3 unspecified atom stereocenters. The molecule has 0 aliphatic heterocycles. The van der Waals surface area contributed by atoms with Gasteiger partial charge in [0.15, 0.2) is 0 Å². The summed E-state index contributed by atoms with van der Waals surface area (Å²) in [6.07, 6.45) is 0.454. The van der Waals surface area contributed by atoms with Gasteiger partial charge in [0.2, 0.25) is 17.7 Å². The highest BCUT2D eigenvalue weighted by Gasteiger charge is 2.35. The van der Waals surface area contributed by atoms with Crippen LogP contribution in [0.1, 0.15) is 56.4 Å². The molecule has 9 nitrogen and oxygen atoms in total. The Morgan fingerprint density at radius 1 is 0.755 bits per heavy atom. The first-order chi connectivity index (χ1) is 25.2. The molecular weight excluding hydrogens is 688 g/mol. The van der Waals surface area contributed by atoms with E-state index in [4.69, 9.17) is 11.6 Å². The number of carbonyl (C=O) groups is 4. The number of nitrogens with one attached hydrogen (secondary N) is 2. The normalized spacial score (nSPS) is 13.2. The molecule has 0 aliphatic rings. The molecule has 3 N–H and O–H groups in total. The SMILES string of the molecule is Cc1ccccc1CN(C)CCN(C(=O)Cc1ccccc1Cl)C(CC(C)C)C(=O)NC(Cc1cccc2ccccc12)C(=O)NC(C(=O)O)C(C)C. The predicted molar refractivity (Wildman–Crippen MR) is 212 cm³/mol. The van der Waals surface area contributed by atoms with Gasteiger partial charge in [0.1, 0.15) is 18.1 Å². The van der Waals surface area contributed by atoms with Gasteiger partial charge in [-0.15, -0.1) is 0 Å². The second kappa shape index (κ2) is 19.4. The number of amides is 3. The van der Waals surface area contributed by atoms with Crippen molar-refractivity contribution < 1.29 is 24.3 Å². The number of halogens is 1. The Kier molecular flexibility index (Phi) is 15.0. The minimum absolute atomic E-state index is 0.00233. The van der Waals surface area contributed by atoms with Crippen molar-refractivity contribution >= 4 is 46.1 Å². The summed E-state index contributed by atoms with van der Waals surface area (Å²) in [4.78, 5) is 58.8. The summed E-state index contributed by atoms with van der Waals surface area (Å²) in [5.41, 5.74) is 3.82. The lowest BCUT2D eigenvalue weighted by Gasteiger charge is -2.35. The summed E-state index contributed by atoms with van der Waals surface area (Å²) in [5.74, 6) is -2.88. The fourth-order valence-corrected chi connectivity index (χ4v) is 6.76. The molecule has 0 bridgehead atoms. The summed E-state index contributed by atoms with van der Waals surface area (Å²) >= 11 is 6.50. The Labute approximate surface area is 318 Å². The number of benzene rings is 4. The van der Waals surface area contributed by atoms with Crippen LogP contribution >= 0.6 is 11.6 Å². The zero-order valence-corrected chi connectivity index (χ0v) is 32.4. The molecule has 3 atom stereocenters. The van der Waals surface area contributed by atoms with Gasteiger partial charge in [0, 0.05) is 31.1 Å². The molecule has 0 saturated carbocycles. The molecule has 53 heavy (non-hydrogen) atoms. The highest BCUT2D eigenvalue weighted by molar-refractivity contribution is 6.31. The Balaban J connectivity index is 1.69. The van der Waals surface area contributed by atoms with Gasteiger partial charge in [-0.1, -0.05) is 124 Å². The van der Waals surface area contributed by atoms with E-state index >= 15 is 0 Å². The third-order valence-corrected chi connectivity index (χ3v) is 9.95. The number of likely N-dealkylation sites (N-methyl/N-ethyl adjacent to an activating group) is 1. The van der Waals surface area contributed by atoms with Gasteiger partial charge in [0.25, 0.3) is 0 Å². The first-order valence-electron chi connectivity index (χ1n) is 18.3. The van der Waals surface area contributed by atoms with E-state index in [-0.39, 0.29) is 31.2 Å². The number of nitrogens with zero attached hydrogens (tertiary/aromatic N) is 2. The smallest absolute Gasteiger partial charge is 0.326 e. The van der Waals surface area contributed by atoms with Crippen LogP contribution in [0.25, 0.3) is 10.8 Å². The van der Waals surface area contributed by atoms with E-state index in [0.29, 0.717) is 30.1 Å². The van der Waals surface area contributed by atoms with E-state index in [9.17, 15) is 24.3 Å². The first kappa shape index (κ1) is 41.0. The quantitative estimate of drug-likeness (QED) is 0.105. The van der Waals surface area contributed by atoms with E-state index in [1.165, 1.54) is 11.1 Å². The average Bonchev–Trinajstić information content (AvgIpc) is 3.11. The summed E-state index contributed by atoms with van der Waals surface area (Å²) in [7, 11) is 1.98. The Morgan fingerprint density at radius 3 is 2.04 bits per heavy atom. The number of aliphatic carboxylic acids is 1. The van der Waals surface area contributed by atoms with Crippen molar-refractivity contribution in [3.8, 4) is 0 Å². The van der Waals surface area contributed by atoms with Crippen LogP contribution < -0.4 is 10.6 Å². The second-order valence-corrected chi connectivity index (χ2v) is 15.0. The van der Waals surface area contributed by atoms with Gasteiger partial charge in [-0.2, -0.15) is 0 Å². The van der Waals surface area contributed by atoms with Crippen LogP contribution in [0, 0.1) is 18.8 Å². The van der Waals surface area contributed by atoms with Crippen molar-refractivity contribution in [1.82, 2.24) is 20.4 Å². The minimum Gasteiger partial charge on any atom is -0.480 e. The zero-order valence-electron chi connectivity index (χ0n) is 31.6. The van der Waals surface area contributed by atoms with Crippen molar-refractivity contribution in [3.05, 3.63) is 118 Å². The lowest BCUT2D eigenvalue weighted by atomic mass is 9.96. The van der Waals surface area contributed by atoms with Crippen molar-refractivity contribution in [3.63, 3.8) is 0 Å². The molecule has 0 saturated heterocycles. The monoisotopic (exact) mass is 740 g/mol. The van der Waals surface area contributed by atoms with Crippen LogP contribution in [0.3, 0.4) is 0 Å². The molecule has 4 aromatic carbocycles. The van der Waals surface area contributed by atoms with E-state index < -0.39 is 41.8 Å². The molecular formula is C43H53ClN4O5. The van der Waals surface area contributed by atoms with Crippen molar-refractivity contribution in [2.24, 2.45) is 11.8 Å².